The summed E-state index contributed by atoms with van der Waals surface area (Å²) >= 11 is 0. The molecule has 21 heavy (non-hydrogen) atoms. The lowest BCUT2D eigenvalue weighted by atomic mass is 9.92. The van der Waals surface area contributed by atoms with Crippen LogP contribution >= 0.6 is 0 Å². The molecule has 1 aromatic heterocycles. The number of piperidine rings is 1. The smallest absolute Gasteiger partial charge is 0.321 e. The Morgan fingerprint density at radius 2 is 2.05 bits per heavy atom. The minimum absolute atomic E-state index is 0.0394. The highest BCUT2D eigenvalue weighted by Crippen LogP contribution is 2.37. The Hall–Kier alpha value is -1.52. The Balaban J connectivity index is 1.73. The Labute approximate surface area is 126 Å². The normalized spacial score (nSPS) is 25.8. The molecule has 2 heterocycles. The maximum atomic E-state index is 12.7. The Morgan fingerprint density at radius 3 is 2.81 bits per heavy atom. The first kappa shape index (κ1) is 14.4. The van der Waals surface area contributed by atoms with Crippen molar-refractivity contribution in [2.45, 2.75) is 64.5 Å². The summed E-state index contributed by atoms with van der Waals surface area (Å²) in [5, 5.41) is 7.40. The molecule has 1 saturated heterocycles. The van der Waals surface area contributed by atoms with Crippen molar-refractivity contribution in [1.82, 2.24) is 14.7 Å². The van der Waals surface area contributed by atoms with E-state index in [1.54, 1.807) is 6.20 Å². The molecule has 1 aromatic rings. The molecule has 1 N–H and O–H groups in total. The minimum atomic E-state index is -0.135. The molecule has 1 saturated carbocycles. The molecule has 2 fully saturated rings. The summed E-state index contributed by atoms with van der Waals surface area (Å²) in [5.74, 6) is 1.50. The average molecular weight is 290 g/mol. The number of fused-ring (bicyclic) bond motifs is 1. The van der Waals surface area contributed by atoms with Gasteiger partial charge in [0.2, 0.25) is 0 Å². The molecule has 2 amide bonds. The van der Waals surface area contributed by atoms with Crippen molar-refractivity contribution in [2.24, 2.45) is 5.92 Å². The number of nitrogens with zero attached hydrogens (tertiary/aromatic N) is 3. The number of amides is 2. The van der Waals surface area contributed by atoms with Gasteiger partial charge < -0.3 is 4.90 Å². The van der Waals surface area contributed by atoms with Gasteiger partial charge >= 0.3 is 6.03 Å². The van der Waals surface area contributed by atoms with Crippen LogP contribution < -0.4 is 5.32 Å². The third-order valence-electron chi connectivity index (χ3n) is 4.77. The van der Waals surface area contributed by atoms with Crippen LogP contribution in [0.5, 0.6) is 0 Å². The average Bonchev–Trinajstić information content (AvgIpc) is 3.04. The van der Waals surface area contributed by atoms with Crippen LogP contribution in [0.4, 0.5) is 10.6 Å². The lowest BCUT2D eigenvalue weighted by Crippen LogP contribution is -2.48. The van der Waals surface area contributed by atoms with Crippen LogP contribution in [0.2, 0.25) is 0 Å². The van der Waals surface area contributed by atoms with Crippen LogP contribution in [0.3, 0.4) is 0 Å². The Bertz CT molecular complexity index is 517. The monoisotopic (exact) mass is 290 g/mol. The second-order valence-electron chi connectivity index (χ2n) is 7.32. The lowest BCUT2D eigenvalue weighted by molar-refractivity contribution is 0.138. The molecule has 5 heteroatoms. The molecule has 2 aliphatic rings. The number of urea groups is 1. The maximum Gasteiger partial charge on any atom is 0.323 e. The molecule has 0 unspecified atom stereocenters. The molecular formula is C16H26N4O. The van der Waals surface area contributed by atoms with Crippen LogP contribution in [0.25, 0.3) is 0 Å². The number of likely N-dealkylation sites (tertiary alicyclic amines) is 1. The van der Waals surface area contributed by atoms with E-state index < -0.39 is 0 Å². The van der Waals surface area contributed by atoms with E-state index in [4.69, 9.17) is 0 Å². The van der Waals surface area contributed by atoms with Gasteiger partial charge in [0, 0.05) is 18.7 Å². The first-order valence-corrected chi connectivity index (χ1v) is 8.09. The predicted octanol–water partition coefficient (Wildman–Crippen LogP) is 3.43. The molecule has 1 aliphatic carbocycles. The lowest BCUT2D eigenvalue weighted by Gasteiger charge is -2.37. The van der Waals surface area contributed by atoms with Gasteiger partial charge in [-0.15, -0.1) is 0 Å². The highest BCUT2D eigenvalue weighted by atomic mass is 16.2. The summed E-state index contributed by atoms with van der Waals surface area (Å²) in [6.45, 7) is 7.15. The highest BCUT2D eigenvalue weighted by Gasteiger charge is 2.37. The van der Waals surface area contributed by atoms with Crippen molar-refractivity contribution in [3.63, 3.8) is 0 Å². The van der Waals surface area contributed by atoms with Gasteiger partial charge in [0.1, 0.15) is 5.82 Å². The third-order valence-corrected chi connectivity index (χ3v) is 4.77. The van der Waals surface area contributed by atoms with Crippen molar-refractivity contribution in [3.05, 3.63) is 12.3 Å². The van der Waals surface area contributed by atoms with Crippen molar-refractivity contribution >= 4 is 11.8 Å². The van der Waals surface area contributed by atoms with Crippen LogP contribution in [-0.2, 0) is 5.54 Å². The maximum absolute atomic E-state index is 12.7. The number of carbonyl (C=O) groups is 1. The Kier molecular flexibility index (Phi) is 3.68. The first-order valence-electron chi connectivity index (χ1n) is 8.09. The van der Waals surface area contributed by atoms with Gasteiger partial charge in [-0.3, -0.25) is 5.32 Å². The van der Waals surface area contributed by atoms with E-state index in [0.29, 0.717) is 6.04 Å². The van der Waals surface area contributed by atoms with Gasteiger partial charge in [-0.2, -0.15) is 5.10 Å². The van der Waals surface area contributed by atoms with Crippen molar-refractivity contribution < 1.29 is 4.79 Å². The largest absolute Gasteiger partial charge is 0.323 e. The molecule has 0 radical (unpaired) electrons. The fourth-order valence-electron chi connectivity index (χ4n) is 3.82. The van der Waals surface area contributed by atoms with Gasteiger partial charge in [0.05, 0.1) is 11.7 Å². The third kappa shape index (κ3) is 2.78. The summed E-state index contributed by atoms with van der Waals surface area (Å²) < 4.78 is 1.88. The second-order valence-corrected chi connectivity index (χ2v) is 7.32. The molecule has 116 valence electrons. The minimum Gasteiger partial charge on any atom is -0.321 e. The Morgan fingerprint density at radius 1 is 1.29 bits per heavy atom. The molecule has 3 rings (SSSR count). The molecule has 0 aromatic carbocycles. The van der Waals surface area contributed by atoms with Gasteiger partial charge in [0.25, 0.3) is 0 Å². The van der Waals surface area contributed by atoms with E-state index in [0.717, 1.165) is 31.1 Å². The van der Waals surface area contributed by atoms with Crippen LogP contribution in [0, 0.1) is 5.92 Å². The highest BCUT2D eigenvalue weighted by molar-refractivity contribution is 5.88. The van der Waals surface area contributed by atoms with Crippen LogP contribution in [-0.4, -0.2) is 33.3 Å². The molecule has 1 aliphatic heterocycles. The summed E-state index contributed by atoms with van der Waals surface area (Å²) in [6, 6.07) is 2.36. The number of rotatable bonds is 1. The van der Waals surface area contributed by atoms with E-state index in [-0.39, 0.29) is 11.6 Å². The molecule has 2 atom stereocenters. The zero-order valence-corrected chi connectivity index (χ0v) is 13.3. The zero-order chi connectivity index (χ0) is 15.0. The van der Waals surface area contributed by atoms with Gasteiger partial charge in [-0.05, 0) is 52.4 Å². The topological polar surface area (TPSA) is 50.2 Å². The van der Waals surface area contributed by atoms with Crippen molar-refractivity contribution in [1.29, 1.82) is 0 Å². The van der Waals surface area contributed by atoms with E-state index in [1.807, 2.05) is 10.7 Å². The van der Waals surface area contributed by atoms with E-state index >= 15 is 0 Å². The van der Waals surface area contributed by atoms with Crippen LogP contribution in [0.1, 0.15) is 52.9 Å². The first-order chi connectivity index (χ1) is 9.97. The SMILES string of the molecule is CC(C)(C)n1nccc1NC(=O)N1CCC[C@H]2CCC[C@@H]21. The number of anilines is 1. The van der Waals surface area contributed by atoms with E-state index in [2.05, 4.69) is 36.1 Å². The number of nitrogens with one attached hydrogen (secondary N) is 1. The van der Waals surface area contributed by atoms with Gasteiger partial charge in [-0.25, -0.2) is 9.48 Å². The summed E-state index contributed by atoms with van der Waals surface area (Å²) in [5.41, 5.74) is -0.135. The summed E-state index contributed by atoms with van der Waals surface area (Å²) in [7, 11) is 0. The zero-order valence-electron chi connectivity index (χ0n) is 13.3. The van der Waals surface area contributed by atoms with Gasteiger partial charge in [-0.1, -0.05) is 6.42 Å². The summed E-state index contributed by atoms with van der Waals surface area (Å²) in [4.78, 5) is 14.7. The number of hydrogen-bond donors (Lipinski definition) is 1. The second kappa shape index (κ2) is 5.35. The predicted molar refractivity (Wildman–Crippen MR) is 83.3 cm³/mol. The molecule has 5 nitrogen and oxygen atoms in total. The molecule has 0 bridgehead atoms. The molecular weight excluding hydrogens is 264 g/mol. The number of hydrogen-bond acceptors (Lipinski definition) is 2. The van der Waals surface area contributed by atoms with Crippen molar-refractivity contribution in [2.75, 3.05) is 11.9 Å². The summed E-state index contributed by atoms with van der Waals surface area (Å²) in [6.07, 6.45) is 7.88. The fourth-order valence-corrected chi connectivity index (χ4v) is 3.82. The van der Waals surface area contributed by atoms with E-state index in [9.17, 15) is 4.79 Å². The van der Waals surface area contributed by atoms with Crippen molar-refractivity contribution in [3.8, 4) is 0 Å². The number of carbonyl (C=O) groups excluding carboxylic acids is 1. The van der Waals surface area contributed by atoms with Crippen LogP contribution in [0.15, 0.2) is 12.3 Å². The van der Waals surface area contributed by atoms with Gasteiger partial charge in [0.15, 0.2) is 0 Å². The standard InChI is InChI=1S/C16H26N4O/c1-16(2,3)20-14(9-10-17-20)18-15(21)19-11-5-7-12-6-4-8-13(12)19/h9-10,12-13H,4-8,11H2,1-3H3,(H,18,21)/t12-,13+/m1/s1. The molecule has 0 spiro atoms. The quantitative estimate of drug-likeness (QED) is 0.861. The fraction of sp³-hybridized carbons (Fsp3) is 0.750. The number of aromatic nitrogens is 2. The van der Waals surface area contributed by atoms with E-state index in [1.165, 1.54) is 19.3 Å².